The van der Waals surface area contributed by atoms with Gasteiger partial charge in [-0.15, -0.1) is 0 Å². The zero-order valence-corrected chi connectivity index (χ0v) is 12.4. The van der Waals surface area contributed by atoms with Crippen LogP contribution < -0.4 is 0 Å². The third-order valence-corrected chi connectivity index (χ3v) is 3.63. The second-order valence-electron chi connectivity index (χ2n) is 5.22. The molecule has 1 aromatic carbocycles. The van der Waals surface area contributed by atoms with Gasteiger partial charge in [-0.2, -0.15) is 4.98 Å². The summed E-state index contributed by atoms with van der Waals surface area (Å²) in [6, 6.07) is 9.65. The number of carbonyl (C=O) groups excluding carboxylic acids is 1. The van der Waals surface area contributed by atoms with E-state index in [1.807, 2.05) is 35.2 Å². The Morgan fingerprint density at radius 2 is 2.05 bits per heavy atom. The highest BCUT2D eigenvalue weighted by atomic mass is 16.5. The number of nitrogens with zero attached hydrogens (tertiary/aromatic N) is 3. The fourth-order valence-electron chi connectivity index (χ4n) is 2.43. The molecule has 0 radical (unpaired) electrons. The lowest BCUT2D eigenvalue weighted by atomic mass is 10.2. The van der Waals surface area contributed by atoms with Crippen LogP contribution >= 0.6 is 0 Å². The number of amides is 1. The fraction of sp³-hybridized carbons (Fsp3) is 0.438. The summed E-state index contributed by atoms with van der Waals surface area (Å²) in [4.78, 5) is 18.4. The van der Waals surface area contributed by atoms with Gasteiger partial charge in [-0.3, -0.25) is 4.79 Å². The van der Waals surface area contributed by atoms with E-state index >= 15 is 0 Å². The minimum atomic E-state index is 0.116. The van der Waals surface area contributed by atoms with Crippen LogP contribution in [0.5, 0.6) is 0 Å². The Bertz CT molecular complexity index is 604. The van der Waals surface area contributed by atoms with E-state index in [1.54, 1.807) is 0 Å². The van der Waals surface area contributed by atoms with Gasteiger partial charge >= 0.3 is 0 Å². The Morgan fingerprint density at radius 3 is 2.91 bits per heavy atom. The van der Waals surface area contributed by atoms with Crippen molar-refractivity contribution in [3.05, 3.63) is 36.2 Å². The van der Waals surface area contributed by atoms with Gasteiger partial charge in [0.25, 0.3) is 0 Å². The zero-order valence-electron chi connectivity index (χ0n) is 12.4. The molecule has 1 aliphatic rings. The molecule has 116 valence electrons. The number of aryl methyl sites for hydroxylation is 1. The first-order chi connectivity index (χ1) is 10.8. The summed E-state index contributed by atoms with van der Waals surface area (Å²) >= 11 is 0. The Hall–Kier alpha value is -2.21. The van der Waals surface area contributed by atoms with Crippen LogP contribution in [0.15, 0.2) is 34.9 Å². The Labute approximate surface area is 129 Å². The smallest absolute Gasteiger partial charge is 0.227 e. The van der Waals surface area contributed by atoms with Crippen molar-refractivity contribution in [1.82, 2.24) is 15.0 Å². The van der Waals surface area contributed by atoms with Crippen molar-refractivity contribution in [2.45, 2.75) is 19.3 Å². The van der Waals surface area contributed by atoms with Gasteiger partial charge in [-0.05, 0) is 6.42 Å². The minimum absolute atomic E-state index is 0.116. The molecule has 2 heterocycles. The number of hydrogen-bond donors (Lipinski definition) is 0. The van der Waals surface area contributed by atoms with E-state index in [4.69, 9.17) is 9.26 Å². The van der Waals surface area contributed by atoms with Gasteiger partial charge in [0.15, 0.2) is 0 Å². The standard InChI is InChI=1S/C16H19N3O3/c20-15(19-9-4-11-21-12-10-19)8-7-14-17-16(18-22-14)13-5-2-1-3-6-13/h1-3,5-6H,4,7-12H2. The van der Waals surface area contributed by atoms with Gasteiger partial charge in [0.05, 0.1) is 6.61 Å². The molecule has 1 fully saturated rings. The summed E-state index contributed by atoms with van der Waals surface area (Å²) in [5.74, 6) is 1.18. The van der Waals surface area contributed by atoms with Crippen LogP contribution in [0.2, 0.25) is 0 Å². The predicted octanol–water partition coefficient (Wildman–Crippen LogP) is 1.92. The first-order valence-electron chi connectivity index (χ1n) is 7.56. The van der Waals surface area contributed by atoms with E-state index in [1.165, 1.54) is 0 Å². The molecule has 0 saturated carbocycles. The van der Waals surface area contributed by atoms with E-state index in [-0.39, 0.29) is 5.91 Å². The Morgan fingerprint density at radius 1 is 1.18 bits per heavy atom. The quantitative estimate of drug-likeness (QED) is 0.863. The molecule has 6 nitrogen and oxygen atoms in total. The highest BCUT2D eigenvalue weighted by molar-refractivity contribution is 5.76. The minimum Gasteiger partial charge on any atom is -0.380 e. The Balaban J connectivity index is 1.55. The first kappa shape index (κ1) is 14.7. The van der Waals surface area contributed by atoms with Crippen LogP contribution in [0.25, 0.3) is 11.4 Å². The molecule has 1 aromatic heterocycles. The van der Waals surface area contributed by atoms with Crippen molar-refractivity contribution in [3.63, 3.8) is 0 Å². The molecule has 0 spiro atoms. The molecule has 0 unspecified atom stereocenters. The second kappa shape index (κ2) is 7.17. The van der Waals surface area contributed by atoms with Crippen LogP contribution in [0, 0.1) is 0 Å². The number of benzene rings is 1. The number of carbonyl (C=O) groups is 1. The highest BCUT2D eigenvalue weighted by Gasteiger charge is 2.17. The number of ether oxygens (including phenoxy) is 1. The van der Waals surface area contributed by atoms with Crippen molar-refractivity contribution >= 4 is 5.91 Å². The van der Waals surface area contributed by atoms with Gasteiger partial charge in [-0.25, -0.2) is 0 Å². The average Bonchev–Trinajstić information content (AvgIpc) is 2.87. The van der Waals surface area contributed by atoms with Crippen LogP contribution in [-0.4, -0.2) is 47.3 Å². The summed E-state index contributed by atoms with van der Waals surface area (Å²) in [6.07, 6.45) is 1.75. The third-order valence-electron chi connectivity index (χ3n) is 3.63. The fourth-order valence-corrected chi connectivity index (χ4v) is 2.43. The highest BCUT2D eigenvalue weighted by Crippen LogP contribution is 2.15. The molecule has 0 N–H and O–H groups in total. The second-order valence-corrected chi connectivity index (χ2v) is 5.22. The zero-order chi connectivity index (χ0) is 15.2. The van der Waals surface area contributed by atoms with Crippen molar-refractivity contribution in [2.24, 2.45) is 0 Å². The topological polar surface area (TPSA) is 68.5 Å². The maximum atomic E-state index is 12.2. The molecule has 3 rings (SSSR count). The van der Waals surface area contributed by atoms with E-state index in [0.717, 1.165) is 25.1 Å². The van der Waals surface area contributed by atoms with Crippen molar-refractivity contribution in [2.75, 3.05) is 26.3 Å². The average molecular weight is 301 g/mol. The van der Waals surface area contributed by atoms with Gasteiger partial charge in [0.1, 0.15) is 0 Å². The molecule has 1 saturated heterocycles. The van der Waals surface area contributed by atoms with E-state index in [2.05, 4.69) is 10.1 Å². The van der Waals surface area contributed by atoms with E-state index in [0.29, 0.717) is 37.7 Å². The number of aromatic nitrogens is 2. The van der Waals surface area contributed by atoms with Gasteiger partial charge < -0.3 is 14.2 Å². The van der Waals surface area contributed by atoms with Gasteiger partial charge in [0.2, 0.25) is 17.6 Å². The van der Waals surface area contributed by atoms with Crippen molar-refractivity contribution in [1.29, 1.82) is 0 Å². The lowest BCUT2D eigenvalue weighted by Gasteiger charge is -2.18. The lowest BCUT2D eigenvalue weighted by Crippen LogP contribution is -2.33. The van der Waals surface area contributed by atoms with Crippen molar-refractivity contribution in [3.8, 4) is 11.4 Å². The molecule has 0 aliphatic carbocycles. The van der Waals surface area contributed by atoms with Crippen LogP contribution in [0.4, 0.5) is 0 Å². The summed E-state index contributed by atoms with van der Waals surface area (Å²) < 4.78 is 10.6. The molecule has 2 aromatic rings. The summed E-state index contributed by atoms with van der Waals surface area (Å²) in [5.41, 5.74) is 0.911. The Kier molecular flexibility index (Phi) is 4.80. The largest absolute Gasteiger partial charge is 0.380 e. The molecular weight excluding hydrogens is 282 g/mol. The molecule has 6 heteroatoms. The maximum absolute atomic E-state index is 12.2. The van der Waals surface area contributed by atoms with Gasteiger partial charge in [0, 0.05) is 38.1 Å². The van der Waals surface area contributed by atoms with Crippen LogP contribution in [0.1, 0.15) is 18.7 Å². The van der Waals surface area contributed by atoms with Crippen LogP contribution in [0.3, 0.4) is 0 Å². The first-order valence-corrected chi connectivity index (χ1v) is 7.56. The SMILES string of the molecule is O=C(CCc1nc(-c2ccccc2)no1)N1CCCOCC1. The molecule has 1 aliphatic heterocycles. The molecule has 0 bridgehead atoms. The molecule has 1 amide bonds. The monoisotopic (exact) mass is 301 g/mol. The molecule has 0 atom stereocenters. The molecular formula is C16H19N3O3. The maximum Gasteiger partial charge on any atom is 0.227 e. The third kappa shape index (κ3) is 3.71. The summed E-state index contributed by atoms with van der Waals surface area (Å²) in [5, 5.41) is 3.96. The van der Waals surface area contributed by atoms with E-state index < -0.39 is 0 Å². The summed E-state index contributed by atoms with van der Waals surface area (Å²) in [7, 11) is 0. The normalized spacial score (nSPS) is 15.5. The van der Waals surface area contributed by atoms with Gasteiger partial charge in [-0.1, -0.05) is 35.5 Å². The van der Waals surface area contributed by atoms with E-state index in [9.17, 15) is 4.79 Å². The summed E-state index contributed by atoms with van der Waals surface area (Å²) in [6.45, 7) is 2.77. The lowest BCUT2D eigenvalue weighted by molar-refractivity contribution is -0.131. The number of hydrogen-bond acceptors (Lipinski definition) is 5. The molecule has 22 heavy (non-hydrogen) atoms. The van der Waals surface area contributed by atoms with Crippen LogP contribution in [-0.2, 0) is 16.0 Å². The van der Waals surface area contributed by atoms with Crippen molar-refractivity contribution < 1.29 is 14.1 Å². The number of rotatable bonds is 4. The predicted molar refractivity (Wildman–Crippen MR) is 80.1 cm³/mol.